The molecule has 1 fully saturated rings. The van der Waals surface area contributed by atoms with Crippen LogP contribution in [-0.4, -0.2) is 38.8 Å². The molecule has 0 aliphatic carbocycles. The second-order valence-corrected chi connectivity index (χ2v) is 10.0. The molecule has 0 radical (unpaired) electrons. The first-order valence-electron chi connectivity index (χ1n) is 9.62. The van der Waals surface area contributed by atoms with E-state index in [4.69, 9.17) is 27.9 Å². The smallest absolute Gasteiger partial charge is 0.246 e. The van der Waals surface area contributed by atoms with Crippen LogP contribution in [0.25, 0.3) is 0 Å². The molecule has 9 heteroatoms. The van der Waals surface area contributed by atoms with Gasteiger partial charge >= 0.3 is 0 Å². The number of hydrogen-bond acceptors (Lipinski definition) is 4. The average molecular weight is 471 g/mol. The van der Waals surface area contributed by atoms with Crippen molar-refractivity contribution < 1.29 is 17.9 Å². The van der Waals surface area contributed by atoms with Crippen molar-refractivity contribution in [1.29, 1.82) is 0 Å². The maximum absolute atomic E-state index is 13.1. The molecule has 162 valence electrons. The number of rotatable bonds is 6. The van der Waals surface area contributed by atoms with E-state index in [0.717, 1.165) is 5.56 Å². The molecule has 30 heavy (non-hydrogen) atoms. The summed E-state index contributed by atoms with van der Waals surface area (Å²) in [6.07, 6.45) is 0.891. The van der Waals surface area contributed by atoms with Crippen LogP contribution < -0.4 is 10.1 Å². The summed E-state index contributed by atoms with van der Waals surface area (Å²) in [5.74, 6) is -0.0710. The van der Waals surface area contributed by atoms with Crippen molar-refractivity contribution in [2.75, 3.05) is 20.2 Å². The molecule has 3 rings (SSSR count). The van der Waals surface area contributed by atoms with Crippen molar-refractivity contribution >= 4 is 39.1 Å². The van der Waals surface area contributed by atoms with Crippen LogP contribution in [-0.2, 0) is 14.8 Å². The number of sulfonamides is 1. The topological polar surface area (TPSA) is 75.7 Å². The molecule has 1 aliphatic heterocycles. The molecule has 0 aromatic heterocycles. The predicted molar refractivity (Wildman–Crippen MR) is 117 cm³/mol. The quantitative estimate of drug-likeness (QED) is 0.683. The standard InChI is InChI=1S/C21H24Cl2N2O4S/c1-14(15-3-5-17(22)6-4-15)24-21(26)16-9-11-25(12-10-16)30(27,28)20-13-18(23)7-8-19(20)29-2/h3-8,13-14,16H,9-12H2,1-2H3,(H,24,26)/t14-/m0/s1. The van der Waals surface area contributed by atoms with Gasteiger partial charge in [-0.05, 0) is 55.7 Å². The van der Waals surface area contributed by atoms with Crippen LogP contribution >= 0.6 is 23.2 Å². The van der Waals surface area contributed by atoms with E-state index < -0.39 is 10.0 Å². The highest BCUT2D eigenvalue weighted by atomic mass is 35.5. The Bertz CT molecular complexity index is 1000. The highest BCUT2D eigenvalue weighted by Gasteiger charge is 2.34. The largest absolute Gasteiger partial charge is 0.495 e. The summed E-state index contributed by atoms with van der Waals surface area (Å²) in [4.78, 5) is 12.7. The number of methoxy groups -OCH3 is 1. The summed E-state index contributed by atoms with van der Waals surface area (Å²) in [7, 11) is -2.35. The van der Waals surface area contributed by atoms with Crippen LogP contribution in [0.1, 0.15) is 31.4 Å². The molecular weight excluding hydrogens is 447 g/mol. The third kappa shape index (κ3) is 5.09. The predicted octanol–water partition coefficient (Wildman–Crippen LogP) is 4.28. The molecule has 2 aromatic rings. The van der Waals surface area contributed by atoms with E-state index in [1.807, 2.05) is 19.1 Å². The Kier molecular flexibility index (Phi) is 7.29. The third-order valence-corrected chi connectivity index (χ3v) is 7.70. The van der Waals surface area contributed by atoms with Gasteiger partial charge in [0, 0.05) is 29.1 Å². The fraction of sp³-hybridized carbons (Fsp3) is 0.381. The van der Waals surface area contributed by atoms with Gasteiger partial charge < -0.3 is 10.1 Å². The van der Waals surface area contributed by atoms with Gasteiger partial charge in [0.25, 0.3) is 0 Å². The Morgan fingerprint density at radius 1 is 1.10 bits per heavy atom. The van der Waals surface area contributed by atoms with Crippen LogP contribution in [0.4, 0.5) is 0 Å². The molecule has 1 saturated heterocycles. The van der Waals surface area contributed by atoms with Crippen LogP contribution in [0.5, 0.6) is 5.75 Å². The minimum absolute atomic E-state index is 0.0387. The number of ether oxygens (including phenoxy) is 1. The zero-order chi connectivity index (χ0) is 21.9. The lowest BCUT2D eigenvalue weighted by Crippen LogP contribution is -2.43. The molecule has 1 N–H and O–H groups in total. The summed E-state index contributed by atoms with van der Waals surface area (Å²) in [6, 6.07) is 11.7. The summed E-state index contributed by atoms with van der Waals surface area (Å²) < 4.78 is 32.7. The molecule has 1 atom stereocenters. The lowest BCUT2D eigenvalue weighted by Gasteiger charge is -2.31. The van der Waals surface area contributed by atoms with E-state index in [1.54, 1.807) is 18.2 Å². The third-order valence-electron chi connectivity index (χ3n) is 5.30. The minimum atomic E-state index is -3.77. The summed E-state index contributed by atoms with van der Waals surface area (Å²) in [6.45, 7) is 2.42. The number of nitrogens with one attached hydrogen (secondary N) is 1. The van der Waals surface area contributed by atoms with Gasteiger partial charge in [-0.15, -0.1) is 0 Å². The maximum atomic E-state index is 13.1. The second-order valence-electron chi connectivity index (χ2n) is 7.26. The Morgan fingerprint density at radius 3 is 2.30 bits per heavy atom. The van der Waals surface area contributed by atoms with Gasteiger partial charge in [-0.3, -0.25) is 4.79 Å². The highest BCUT2D eigenvalue weighted by Crippen LogP contribution is 2.32. The lowest BCUT2D eigenvalue weighted by molar-refractivity contribution is -0.126. The number of carbonyl (C=O) groups is 1. The van der Waals surface area contributed by atoms with E-state index in [1.165, 1.54) is 23.5 Å². The number of nitrogens with zero attached hydrogens (tertiary/aromatic N) is 1. The average Bonchev–Trinajstić information content (AvgIpc) is 2.74. The SMILES string of the molecule is COc1ccc(Cl)cc1S(=O)(=O)N1CCC(C(=O)N[C@@H](C)c2ccc(Cl)cc2)CC1. The number of hydrogen-bond donors (Lipinski definition) is 1. The van der Waals surface area contributed by atoms with Crippen LogP contribution in [0, 0.1) is 5.92 Å². The van der Waals surface area contributed by atoms with Gasteiger partial charge in [-0.25, -0.2) is 8.42 Å². The van der Waals surface area contributed by atoms with Gasteiger partial charge in [-0.1, -0.05) is 35.3 Å². The van der Waals surface area contributed by atoms with Crippen molar-refractivity contribution in [2.24, 2.45) is 5.92 Å². The first-order valence-corrected chi connectivity index (χ1v) is 11.8. The van der Waals surface area contributed by atoms with Gasteiger partial charge in [0.15, 0.2) is 0 Å². The zero-order valence-electron chi connectivity index (χ0n) is 16.8. The van der Waals surface area contributed by atoms with Crippen molar-refractivity contribution in [3.63, 3.8) is 0 Å². The normalized spacial score (nSPS) is 16.8. The fourth-order valence-corrected chi connectivity index (χ4v) is 5.53. The number of carbonyl (C=O) groups excluding carboxylic acids is 1. The van der Waals surface area contributed by atoms with E-state index in [2.05, 4.69) is 5.32 Å². The summed E-state index contributed by atoms with van der Waals surface area (Å²) in [5, 5.41) is 3.97. The molecule has 0 unspecified atom stereocenters. The van der Waals surface area contributed by atoms with Crippen molar-refractivity contribution in [3.05, 3.63) is 58.1 Å². The molecule has 1 amide bonds. The lowest BCUT2D eigenvalue weighted by atomic mass is 9.96. The zero-order valence-corrected chi connectivity index (χ0v) is 19.1. The number of benzene rings is 2. The van der Waals surface area contributed by atoms with Crippen molar-refractivity contribution in [1.82, 2.24) is 9.62 Å². The molecule has 2 aromatic carbocycles. The van der Waals surface area contributed by atoms with E-state index in [9.17, 15) is 13.2 Å². The fourth-order valence-electron chi connectivity index (χ4n) is 3.52. The summed E-state index contributed by atoms with van der Waals surface area (Å²) >= 11 is 11.9. The minimum Gasteiger partial charge on any atom is -0.495 e. The second kappa shape index (κ2) is 9.56. The summed E-state index contributed by atoms with van der Waals surface area (Å²) in [5.41, 5.74) is 0.959. The highest BCUT2D eigenvalue weighted by molar-refractivity contribution is 7.89. The van der Waals surface area contributed by atoms with E-state index in [0.29, 0.717) is 22.9 Å². The number of amides is 1. The molecule has 0 saturated carbocycles. The number of piperidine rings is 1. The van der Waals surface area contributed by atoms with Crippen molar-refractivity contribution in [3.8, 4) is 5.75 Å². The Labute approximate surface area is 187 Å². The molecule has 0 spiro atoms. The van der Waals surface area contributed by atoms with E-state index in [-0.39, 0.29) is 41.6 Å². The van der Waals surface area contributed by atoms with E-state index >= 15 is 0 Å². The Hall–Kier alpha value is -1.80. The monoisotopic (exact) mass is 470 g/mol. The first kappa shape index (κ1) is 22.9. The molecule has 1 heterocycles. The maximum Gasteiger partial charge on any atom is 0.246 e. The van der Waals surface area contributed by atoms with Gasteiger partial charge in [0.2, 0.25) is 15.9 Å². The van der Waals surface area contributed by atoms with Crippen LogP contribution in [0.3, 0.4) is 0 Å². The Balaban J connectivity index is 1.63. The molecular formula is C21H24Cl2N2O4S. The number of halogens is 2. The molecule has 1 aliphatic rings. The molecule has 6 nitrogen and oxygen atoms in total. The van der Waals surface area contributed by atoms with Crippen molar-refractivity contribution in [2.45, 2.75) is 30.7 Å². The molecule has 0 bridgehead atoms. The van der Waals surface area contributed by atoms with Crippen LogP contribution in [0.15, 0.2) is 47.4 Å². The first-order chi connectivity index (χ1) is 14.2. The Morgan fingerprint density at radius 2 is 1.70 bits per heavy atom. The van der Waals surface area contributed by atoms with Crippen LogP contribution in [0.2, 0.25) is 10.0 Å². The van der Waals surface area contributed by atoms with Gasteiger partial charge in [-0.2, -0.15) is 4.31 Å². The van der Waals surface area contributed by atoms with Gasteiger partial charge in [0.1, 0.15) is 10.6 Å². The van der Waals surface area contributed by atoms with Gasteiger partial charge in [0.05, 0.1) is 13.2 Å².